The second-order valence-electron chi connectivity index (χ2n) is 3.94. The molecular weight excluding hydrogens is 317 g/mol. The fourth-order valence-corrected chi connectivity index (χ4v) is 2.11. The fraction of sp³-hybridized carbons (Fsp3) is 0. The van der Waals surface area contributed by atoms with Crippen LogP contribution in [0.5, 0.6) is 0 Å². The first-order chi connectivity index (χ1) is 9.97. The van der Waals surface area contributed by atoms with E-state index in [9.17, 15) is 14.7 Å². The maximum absolute atomic E-state index is 11.8. The van der Waals surface area contributed by atoms with Gasteiger partial charge in [-0.25, -0.2) is 0 Å². The lowest BCUT2D eigenvalue weighted by atomic mass is 10.1. The molecule has 0 atom stereocenters. The topological polar surface area (TPSA) is 82.4 Å². The van der Waals surface area contributed by atoms with E-state index in [0.29, 0.717) is 5.76 Å². The van der Waals surface area contributed by atoms with Crippen LogP contribution in [0.25, 0.3) is 6.08 Å². The highest BCUT2D eigenvalue weighted by molar-refractivity contribution is 6.37. The van der Waals surface area contributed by atoms with Crippen LogP contribution in [0.3, 0.4) is 0 Å². The van der Waals surface area contributed by atoms with E-state index in [4.69, 9.17) is 27.6 Å². The van der Waals surface area contributed by atoms with Crippen LogP contribution in [-0.4, -0.2) is 11.9 Å². The minimum atomic E-state index is -1.50. The van der Waals surface area contributed by atoms with Gasteiger partial charge in [-0.05, 0) is 30.3 Å². The maximum Gasteiger partial charge on any atom is 0.248 e. The first kappa shape index (κ1) is 15.2. The van der Waals surface area contributed by atoms with Crippen LogP contribution < -0.4 is 10.4 Å². The zero-order valence-electron chi connectivity index (χ0n) is 10.4. The number of carboxylic acids is 1. The number of carbonyl (C=O) groups is 2. The Morgan fingerprint density at radius 2 is 2.05 bits per heavy atom. The number of benzene rings is 1. The average Bonchev–Trinajstić information content (AvgIpc) is 2.92. The molecule has 0 aliphatic rings. The molecular formula is C14H8Cl2NO4-. The summed E-state index contributed by atoms with van der Waals surface area (Å²) in [4.78, 5) is 22.8. The molecule has 0 unspecified atom stereocenters. The number of carbonyl (C=O) groups excluding carboxylic acids is 2. The normalized spacial score (nSPS) is 10.8. The van der Waals surface area contributed by atoms with Gasteiger partial charge in [-0.15, -0.1) is 0 Å². The third-order valence-electron chi connectivity index (χ3n) is 2.47. The summed E-state index contributed by atoms with van der Waals surface area (Å²) in [5.41, 5.74) is -0.373. The van der Waals surface area contributed by atoms with Crippen LogP contribution in [0.4, 0.5) is 5.69 Å². The third-order valence-corrected chi connectivity index (χ3v) is 2.98. The highest BCUT2D eigenvalue weighted by Gasteiger charge is 2.12. The predicted molar refractivity (Wildman–Crippen MR) is 77.2 cm³/mol. The number of aromatic carboxylic acids is 1. The molecule has 5 nitrogen and oxygen atoms in total. The van der Waals surface area contributed by atoms with Crippen LogP contribution >= 0.6 is 23.2 Å². The van der Waals surface area contributed by atoms with Gasteiger partial charge in [0, 0.05) is 16.7 Å². The minimum Gasteiger partial charge on any atom is -0.545 e. The van der Waals surface area contributed by atoms with Crippen molar-refractivity contribution in [2.75, 3.05) is 5.32 Å². The quantitative estimate of drug-likeness (QED) is 0.876. The highest BCUT2D eigenvalue weighted by Crippen LogP contribution is 2.30. The first-order valence-corrected chi connectivity index (χ1v) is 6.46. The zero-order chi connectivity index (χ0) is 15.4. The van der Waals surface area contributed by atoms with Gasteiger partial charge in [0.2, 0.25) is 5.91 Å². The summed E-state index contributed by atoms with van der Waals surface area (Å²) in [7, 11) is 0. The van der Waals surface area contributed by atoms with Gasteiger partial charge >= 0.3 is 0 Å². The molecule has 0 bridgehead atoms. The van der Waals surface area contributed by atoms with Gasteiger partial charge in [0.1, 0.15) is 5.76 Å². The van der Waals surface area contributed by atoms with Gasteiger partial charge in [-0.3, -0.25) is 4.79 Å². The highest BCUT2D eigenvalue weighted by atomic mass is 35.5. The Hall–Kier alpha value is -2.24. The number of anilines is 1. The molecule has 0 spiro atoms. The van der Waals surface area contributed by atoms with Crippen molar-refractivity contribution < 1.29 is 19.1 Å². The molecule has 1 N–H and O–H groups in total. The van der Waals surface area contributed by atoms with E-state index in [-0.39, 0.29) is 21.3 Å². The van der Waals surface area contributed by atoms with E-state index < -0.39 is 11.9 Å². The van der Waals surface area contributed by atoms with Crippen LogP contribution in [0.1, 0.15) is 16.1 Å². The lowest BCUT2D eigenvalue weighted by Gasteiger charge is -2.13. The van der Waals surface area contributed by atoms with Gasteiger partial charge in [0.25, 0.3) is 0 Å². The summed E-state index contributed by atoms with van der Waals surface area (Å²) in [6.07, 6.45) is 4.07. The molecule has 0 radical (unpaired) electrons. The number of hydrogen-bond acceptors (Lipinski definition) is 4. The van der Waals surface area contributed by atoms with Crippen molar-refractivity contribution >= 4 is 46.8 Å². The summed E-state index contributed by atoms with van der Waals surface area (Å²) in [6, 6.07) is 5.80. The molecule has 1 heterocycles. The van der Waals surface area contributed by atoms with Crippen LogP contribution in [0.15, 0.2) is 41.0 Å². The Morgan fingerprint density at radius 1 is 1.29 bits per heavy atom. The molecule has 1 aromatic heterocycles. The molecule has 0 saturated carbocycles. The number of amides is 1. The summed E-state index contributed by atoms with van der Waals surface area (Å²) >= 11 is 11.6. The van der Waals surface area contributed by atoms with Crippen molar-refractivity contribution in [2.45, 2.75) is 0 Å². The molecule has 21 heavy (non-hydrogen) atoms. The molecule has 108 valence electrons. The molecule has 2 aromatic rings. The van der Waals surface area contributed by atoms with E-state index in [1.807, 2.05) is 0 Å². The van der Waals surface area contributed by atoms with Crippen LogP contribution in [-0.2, 0) is 4.79 Å². The van der Waals surface area contributed by atoms with Crippen LogP contribution in [0, 0.1) is 0 Å². The minimum absolute atomic E-state index is 0.00134. The summed E-state index contributed by atoms with van der Waals surface area (Å²) in [5, 5.41) is 13.5. The van der Waals surface area contributed by atoms with E-state index in [0.717, 1.165) is 6.07 Å². The van der Waals surface area contributed by atoms with E-state index in [1.165, 1.54) is 24.5 Å². The average molecular weight is 325 g/mol. The van der Waals surface area contributed by atoms with Gasteiger partial charge in [0.05, 0.1) is 22.9 Å². The molecule has 0 aliphatic heterocycles. The van der Waals surface area contributed by atoms with Crippen molar-refractivity contribution in [1.82, 2.24) is 0 Å². The van der Waals surface area contributed by atoms with Crippen molar-refractivity contribution in [3.8, 4) is 0 Å². The van der Waals surface area contributed by atoms with Crippen LogP contribution in [0.2, 0.25) is 10.0 Å². The molecule has 0 fully saturated rings. The second kappa shape index (κ2) is 6.47. The fourth-order valence-electron chi connectivity index (χ4n) is 1.57. The van der Waals surface area contributed by atoms with Gasteiger partial charge in [-0.1, -0.05) is 23.2 Å². The zero-order valence-corrected chi connectivity index (χ0v) is 11.9. The van der Waals surface area contributed by atoms with Gasteiger partial charge in [0.15, 0.2) is 0 Å². The number of hydrogen-bond donors (Lipinski definition) is 1. The summed E-state index contributed by atoms with van der Waals surface area (Å²) in [6.45, 7) is 0. The SMILES string of the molecule is O=C(/C=C/c1ccco1)Nc1c(Cl)cc(Cl)cc1C(=O)[O-]. The Morgan fingerprint density at radius 3 is 2.67 bits per heavy atom. The summed E-state index contributed by atoms with van der Waals surface area (Å²) in [5.74, 6) is -1.59. The Bertz CT molecular complexity index is 708. The lowest BCUT2D eigenvalue weighted by Crippen LogP contribution is -2.24. The molecule has 1 amide bonds. The Balaban J connectivity index is 2.23. The van der Waals surface area contributed by atoms with Crippen molar-refractivity contribution in [3.05, 3.63) is 58.0 Å². The number of furan rings is 1. The van der Waals surface area contributed by atoms with E-state index in [1.54, 1.807) is 12.1 Å². The summed E-state index contributed by atoms with van der Waals surface area (Å²) < 4.78 is 5.02. The Labute approximate surface area is 129 Å². The largest absolute Gasteiger partial charge is 0.545 e. The monoisotopic (exact) mass is 324 g/mol. The third kappa shape index (κ3) is 3.87. The number of rotatable bonds is 4. The lowest BCUT2D eigenvalue weighted by molar-refractivity contribution is -0.254. The molecule has 0 saturated heterocycles. The predicted octanol–water partition coefficient (Wildman–Crippen LogP) is 2.60. The Kier molecular flexibility index (Phi) is 4.67. The standard InChI is InChI=1S/C14H9Cl2NO4/c15-8-6-10(14(19)20)13(11(16)7-8)17-12(18)4-3-9-2-1-5-21-9/h1-7H,(H,17,18)(H,19,20)/p-1/b4-3+. The number of carboxylic acid groups (broad SMARTS) is 1. The molecule has 0 aliphatic carbocycles. The van der Waals surface area contributed by atoms with E-state index in [2.05, 4.69) is 5.32 Å². The molecule has 7 heteroatoms. The smallest absolute Gasteiger partial charge is 0.248 e. The van der Waals surface area contributed by atoms with E-state index >= 15 is 0 Å². The van der Waals surface area contributed by atoms with Gasteiger partial charge in [-0.2, -0.15) is 0 Å². The van der Waals surface area contributed by atoms with Gasteiger partial charge < -0.3 is 19.6 Å². The number of nitrogens with one attached hydrogen (secondary N) is 1. The first-order valence-electron chi connectivity index (χ1n) is 5.70. The van der Waals surface area contributed by atoms with Crippen molar-refractivity contribution in [1.29, 1.82) is 0 Å². The second-order valence-corrected chi connectivity index (χ2v) is 4.78. The molecule has 1 aromatic carbocycles. The van der Waals surface area contributed by atoms with Crippen molar-refractivity contribution in [3.63, 3.8) is 0 Å². The molecule has 2 rings (SSSR count). The maximum atomic E-state index is 11.8. The van der Waals surface area contributed by atoms with Crippen molar-refractivity contribution in [2.24, 2.45) is 0 Å². The number of halogens is 2.